The molecule has 244 valence electrons. The van der Waals surface area contributed by atoms with Crippen molar-refractivity contribution in [2.75, 3.05) is 4.90 Å². The van der Waals surface area contributed by atoms with Crippen LogP contribution in [0.2, 0.25) is 0 Å². The Balaban J connectivity index is 1.12. The van der Waals surface area contributed by atoms with E-state index in [0.717, 1.165) is 55.7 Å². The number of benzene rings is 9. The number of anilines is 3. The van der Waals surface area contributed by atoms with Gasteiger partial charge in [0.2, 0.25) is 0 Å². The highest BCUT2D eigenvalue weighted by Crippen LogP contribution is 2.43. The highest BCUT2D eigenvalue weighted by Gasteiger charge is 2.19. The first-order valence-corrected chi connectivity index (χ1v) is 17.8. The fraction of sp³-hybridized carbons (Fsp3) is 0. The number of hydrogen-bond donors (Lipinski definition) is 0. The fourth-order valence-corrected chi connectivity index (χ4v) is 7.73. The van der Waals surface area contributed by atoms with E-state index in [1.165, 1.54) is 38.2 Å². The summed E-state index contributed by atoms with van der Waals surface area (Å²) in [6, 6.07) is 71.5. The molecule has 0 saturated heterocycles. The maximum atomic E-state index is 6.93. The lowest BCUT2D eigenvalue weighted by atomic mass is 9.96. The smallest absolute Gasteiger partial charge is 0.143 e. The average Bonchev–Trinajstić information content (AvgIpc) is 3.61. The van der Waals surface area contributed by atoms with Crippen LogP contribution in [0.4, 0.5) is 17.1 Å². The first-order valence-electron chi connectivity index (χ1n) is 17.8. The van der Waals surface area contributed by atoms with E-state index in [4.69, 9.17) is 4.42 Å². The van der Waals surface area contributed by atoms with Gasteiger partial charge in [-0.05, 0) is 80.2 Å². The van der Waals surface area contributed by atoms with Crippen LogP contribution in [0.25, 0.3) is 76.9 Å². The molecule has 0 N–H and O–H groups in total. The SMILES string of the molecule is c1ccc(-c2ccc(N(c3cccc(-c4cccc5c4oc4c(-c6cccc7ccccc67)cccc45)c3)c3ccc4ccccc4c3)cc2)cc1. The second-order valence-electron chi connectivity index (χ2n) is 13.3. The number of hydrogen-bond acceptors (Lipinski definition) is 2. The minimum atomic E-state index is 0.895. The second kappa shape index (κ2) is 12.5. The van der Waals surface area contributed by atoms with Gasteiger partial charge in [0.25, 0.3) is 0 Å². The van der Waals surface area contributed by atoms with Crippen molar-refractivity contribution in [3.05, 3.63) is 200 Å². The molecule has 0 aliphatic carbocycles. The zero-order valence-corrected chi connectivity index (χ0v) is 28.4. The van der Waals surface area contributed by atoms with E-state index in [0.29, 0.717) is 0 Å². The summed E-state index contributed by atoms with van der Waals surface area (Å²) in [5.41, 5.74) is 11.9. The molecule has 10 aromatic rings. The predicted molar refractivity (Wildman–Crippen MR) is 220 cm³/mol. The van der Waals surface area contributed by atoms with Crippen LogP contribution in [-0.2, 0) is 0 Å². The van der Waals surface area contributed by atoms with Gasteiger partial charge in [0.15, 0.2) is 0 Å². The molecule has 0 aliphatic rings. The Labute approximate surface area is 302 Å². The van der Waals surface area contributed by atoms with Gasteiger partial charge in [0, 0.05) is 39.0 Å². The third-order valence-corrected chi connectivity index (χ3v) is 10.2. The molecule has 52 heavy (non-hydrogen) atoms. The molecule has 2 nitrogen and oxygen atoms in total. The number of fused-ring (bicyclic) bond motifs is 5. The van der Waals surface area contributed by atoms with Gasteiger partial charge in [-0.15, -0.1) is 0 Å². The number of furan rings is 1. The van der Waals surface area contributed by atoms with E-state index < -0.39 is 0 Å². The van der Waals surface area contributed by atoms with E-state index in [9.17, 15) is 0 Å². The normalized spacial score (nSPS) is 11.5. The minimum Gasteiger partial charge on any atom is -0.455 e. The summed E-state index contributed by atoms with van der Waals surface area (Å²) in [5.74, 6) is 0. The van der Waals surface area contributed by atoms with Crippen molar-refractivity contribution in [3.63, 3.8) is 0 Å². The highest BCUT2D eigenvalue weighted by atomic mass is 16.3. The van der Waals surface area contributed by atoms with E-state index in [1.807, 2.05) is 0 Å². The molecular weight excluding hydrogens is 631 g/mol. The lowest BCUT2D eigenvalue weighted by molar-refractivity contribution is 0.671. The largest absolute Gasteiger partial charge is 0.455 e. The summed E-state index contributed by atoms with van der Waals surface area (Å²) in [7, 11) is 0. The summed E-state index contributed by atoms with van der Waals surface area (Å²) in [4.78, 5) is 2.35. The van der Waals surface area contributed by atoms with Crippen molar-refractivity contribution in [3.8, 4) is 33.4 Å². The van der Waals surface area contributed by atoms with Crippen molar-refractivity contribution in [1.82, 2.24) is 0 Å². The van der Waals surface area contributed by atoms with Gasteiger partial charge in [-0.25, -0.2) is 0 Å². The van der Waals surface area contributed by atoms with Crippen LogP contribution in [0.5, 0.6) is 0 Å². The maximum absolute atomic E-state index is 6.93. The molecule has 0 spiro atoms. The van der Waals surface area contributed by atoms with Gasteiger partial charge >= 0.3 is 0 Å². The number of nitrogens with zero attached hydrogens (tertiary/aromatic N) is 1. The van der Waals surface area contributed by atoms with Crippen LogP contribution in [0.15, 0.2) is 205 Å². The molecule has 0 unspecified atom stereocenters. The average molecular weight is 664 g/mol. The van der Waals surface area contributed by atoms with Crippen LogP contribution in [0, 0.1) is 0 Å². The van der Waals surface area contributed by atoms with Crippen molar-refractivity contribution < 1.29 is 4.42 Å². The number of rotatable bonds is 6. The molecule has 0 fully saturated rings. The van der Waals surface area contributed by atoms with Crippen LogP contribution in [0.1, 0.15) is 0 Å². The monoisotopic (exact) mass is 663 g/mol. The molecule has 1 heterocycles. The van der Waals surface area contributed by atoms with Gasteiger partial charge < -0.3 is 9.32 Å². The molecular formula is C50H33NO. The first kappa shape index (κ1) is 30.0. The van der Waals surface area contributed by atoms with E-state index in [-0.39, 0.29) is 0 Å². The Morgan fingerprint density at radius 1 is 0.288 bits per heavy atom. The Bertz CT molecular complexity index is 2900. The molecule has 2 heteroatoms. The maximum Gasteiger partial charge on any atom is 0.143 e. The Morgan fingerprint density at radius 3 is 1.65 bits per heavy atom. The zero-order valence-electron chi connectivity index (χ0n) is 28.4. The summed E-state index contributed by atoms with van der Waals surface area (Å²) < 4.78 is 6.93. The molecule has 0 radical (unpaired) electrons. The third kappa shape index (κ3) is 5.12. The Hall–Kier alpha value is -6.90. The molecule has 0 atom stereocenters. The lowest BCUT2D eigenvalue weighted by Crippen LogP contribution is -2.10. The van der Waals surface area contributed by atoms with Crippen LogP contribution < -0.4 is 4.90 Å². The fourth-order valence-electron chi connectivity index (χ4n) is 7.73. The zero-order chi connectivity index (χ0) is 34.4. The lowest BCUT2D eigenvalue weighted by Gasteiger charge is -2.26. The molecule has 0 saturated carbocycles. The van der Waals surface area contributed by atoms with Gasteiger partial charge in [-0.1, -0.05) is 164 Å². The molecule has 0 bridgehead atoms. The standard InChI is InChI=1S/C50H33NO/c1-2-12-34(13-3-1)36-26-29-40(30-27-36)51(42-31-28-35-14-4-5-16-38(35)32-42)41-19-8-18-39(33-41)44-21-10-24-47-48-25-11-23-46(50(48)52-49(44)47)45-22-9-17-37-15-6-7-20-43(37)45/h1-33H. The third-order valence-electron chi connectivity index (χ3n) is 10.2. The van der Waals surface area contributed by atoms with Gasteiger partial charge in [0.05, 0.1) is 0 Å². The molecule has 10 rings (SSSR count). The second-order valence-corrected chi connectivity index (χ2v) is 13.3. The summed E-state index contributed by atoms with van der Waals surface area (Å²) in [5, 5.41) is 7.10. The van der Waals surface area contributed by atoms with Crippen LogP contribution in [0.3, 0.4) is 0 Å². The molecule has 0 aliphatic heterocycles. The molecule has 9 aromatic carbocycles. The summed E-state index contributed by atoms with van der Waals surface area (Å²) in [6.45, 7) is 0. The minimum absolute atomic E-state index is 0.895. The summed E-state index contributed by atoms with van der Waals surface area (Å²) >= 11 is 0. The molecule has 1 aromatic heterocycles. The van der Waals surface area contributed by atoms with Crippen LogP contribution >= 0.6 is 0 Å². The van der Waals surface area contributed by atoms with Gasteiger partial charge in [-0.2, -0.15) is 0 Å². The quantitative estimate of drug-likeness (QED) is 0.176. The Morgan fingerprint density at radius 2 is 0.827 bits per heavy atom. The first-order chi connectivity index (χ1) is 25.8. The van der Waals surface area contributed by atoms with Crippen molar-refractivity contribution in [2.24, 2.45) is 0 Å². The van der Waals surface area contributed by atoms with Crippen molar-refractivity contribution >= 4 is 60.5 Å². The number of para-hydroxylation sites is 2. The topological polar surface area (TPSA) is 16.4 Å². The Kier molecular flexibility index (Phi) is 7.18. The van der Waals surface area contributed by atoms with E-state index in [1.54, 1.807) is 0 Å². The van der Waals surface area contributed by atoms with Gasteiger partial charge in [-0.3, -0.25) is 0 Å². The predicted octanol–water partition coefficient (Wildman–Crippen LogP) is 14.4. The van der Waals surface area contributed by atoms with Gasteiger partial charge in [0.1, 0.15) is 11.2 Å². The van der Waals surface area contributed by atoms with Crippen LogP contribution in [-0.4, -0.2) is 0 Å². The summed E-state index contributed by atoms with van der Waals surface area (Å²) in [6.07, 6.45) is 0. The molecule has 0 amide bonds. The van der Waals surface area contributed by atoms with E-state index in [2.05, 4.69) is 205 Å². The highest BCUT2D eigenvalue weighted by molar-refractivity contribution is 6.15. The van der Waals surface area contributed by atoms with Crippen molar-refractivity contribution in [2.45, 2.75) is 0 Å². The van der Waals surface area contributed by atoms with E-state index >= 15 is 0 Å². The van der Waals surface area contributed by atoms with Crippen molar-refractivity contribution in [1.29, 1.82) is 0 Å².